The van der Waals surface area contributed by atoms with Gasteiger partial charge in [0.1, 0.15) is 11.3 Å². The van der Waals surface area contributed by atoms with Gasteiger partial charge in [0.25, 0.3) is 0 Å². The fraction of sp³-hybridized carbons (Fsp3) is 0.333. The molecule has 0 N–H and O–H groups in total. The SMILES string of the molecule is CC1=Cc2c(oc3ccc(C)cc23)C2CC12. The Balaban J connectivity index is 2.10. The Labute approximate surface area is 94.8 Å². The topological polar surface area (TPSA) is 13.1 Å². The van der Waals surface area contributed by atoms with E-state index in [2.05, 4.69) is 38.1 Å². The average molecular weight is 210 g/mol. The molecule has 0 amide bonds. The molecule has 0 spiro atoms. The van der Waals surface area contributed by atoms with Gasteiger partial charge in [-0.25, -0.2) is 0 Å². The van der Waals surface area contributed by atoms with E-state index in [1.54, 1.807) is 0 Å². The summed E-state index contributed by atoms with van der Waals surface area (Å²) < 4.78 is 6.00. The first kappa shape index (κ1) is 8.63. The minimum absolute atomic E-state index is 0.674. The molecule has 0 saturated heterocycles. The highest BCUT2D eigenvalue weighted by Gasteiger charge is 2.45. The van der Waals surface area contributed by atoms with E-state index >= 15 is 0 Å². The second-order valence-electron chi connectivity index (χ2n) is 5.22. The molecule has 1 saturated carbocycles. The summed E-state index contributed by atoms with van der Waals surface area (Å²) in [4.78, 5) is 0. The molecule has 0 radical (unpaired) electrons. The maximum Gasteiger partial charge on any atom is 0.134 e. The van der Waals surface area contributed by atoms with Crippen LogP contribution in [0.15, 0.2) is 28.2 Å². The normalized spacial score (nSPS) is 26.2. The van der Waals surface area contributed by atoms with Crippen LogP contribution in [0.25, 0.3) is 17.0 Å². The van der Waals surface area contributed by atoms with Crippen LogP contribution in [0.2, 0.25) is 0 Å². The molecule has 2 aliphatic carbocycles. The lowest BCUT2D eigenvalue weighted by Crippen LogP contribution is -1.92. The summed E-state index contributed by atoms with van der Waals surface area (Å²) >= 11 is 0. The second kappa shape index (κ2) is 2.60. The fourth-order valence-electron chi connectivity index (χ4n) is 3.00. The van der Waals surface area contributed by atoms with Crippen LogP contribution in [0.1, 0.15) is 36.1 Å². The first-order valence-electron chi connectivity index (χ1n) is 5.95. The predicted molar refractivity (Wildman–Crippen MR) is 65.5 cm³/mol. The molecule has 2 unspecified atom stereocenters. The molecule has 0 aliphatic heterocycles. The summed E-state index contributed by atoms with van der Waals surface area (Å²) in [5.41, 5.74) is 5.23. The zero-order chi connectivity index (χ0) is 10.9. The van der Waals surface area contributed by atoms with Gasteiger partial charge in [0.15, 0.2) is 0 Å². The maximum absolute atomic E-state index is 6.00. The number of benzene rings is 1. The van der Waals surface area contributed by atoms with E-state index in [-0.39, 0.29) is 0 Å². The summed E-state index contributed by atoms with van der Waals surface area (Å²) in [5.74, 6) is 2.68. The molecule has 1 fully saturated rings. The lowest BCUT2D eigenvalue weighted by molar-refractivity contribution is 0.542. The van der Waals surface area contributed by atoms with Crippen molar-refractivity contribution >= 4 is 17.0 Å². The van der Waals surface area contributed by atoms with Crippen LogP contribution in [0.5, 0.6) is 0 Å². The third-order valence-corrected chi connectivity index (χ3v) is 3.99. The monoisotopic (exact) mass is 210 g/mol. The Morgan fingerprint density at radius 2 is 2.06 bits per heavy atom. The standard InChI is InChI=1S/C15H14O/c1-8-3-4-14-11(5-8)12-6-9(2)10-7-13(10)15(12)16-14/h3-6,10,13H,7H2,1-2H3. The van der Waals surface area contributed by atoms with Gasteiger partial charge in [-0.2, -0.15) is 0 Å². The van der Waals surface area contributed by atoms with Crippen LogP contribution in [-0.4, -0.2) is 0 Å². The molecule has 16 heavy (non-hydrogen) atoms. The summed E-state index contributed by atoms with van der Waals surface area (Å²) in [6.07, 6.45) is 3.61. The number of rotatable bonds is 0. The molecular weight excluding hydrogens is 196 g/mol. The van der Waals surface area contributed by atoms with E-state index in [0.717, 1.165) is 11.5 Å². The molecule has 1 aromatic carbocycles. The number of furan rings is 1. The van der Waals surface area contributed by atoms with Gasteiger partial charge in [0.2, 0.25) is 0 Å². The van der Waals surface area contributed by atoms with Gasteiger partial charge in [0, 0.05) is 16.9 Å². The highest BCUT2D eigenvalue weighted by molar-refractivity contribution is 5.91. The van der Waals surface area contributed by atoms with Gasteiger partial charge < -0.3 is 4.42 Å². The number of aryl methyl sites for hydroxylation is 1. The van der Waals surface area contributed by atoms with E-state index in [1.807, 2.05) is 0 Å². The van der Waals surface area contributed by atoms with E-state index in [4.69, 9.17) is 4.42 Å². The zero-order valence-electron chi connectivity index (χ0n) is 9.58. The summed E-state index contributed by atoms with van der Waals surface area (Å²) in [7, 11) is 0. The fourth-order valence-corrected chi connectivity index (χ4v) is 3.00. The number of fused-ring (bicyclic) bond motifs is 5. The second-order valence-corrected chi connectivity index (χ2v) is 5.22. The predicted octanol–water partition coefficient (Wildman–Crippen LogP) is 4.26. The van der Waals surface area contributed by atoms with Crippen molar-refractivity contribution in [1.29, 1.82) is 0 Å². The van der Waals surface area contributed by atoms with Crippen molar-refractivity contribution in [2.45, 2.75) is 26.2 Å². The van der Waals surface area contributed by atoms with Gasteiger partial charge in [-0.15, -0.1) is 0 Å². The van der Waals surface area contributed by atoms with Crippen LogP contribution in [0, 0.1) is 12.8 Å². The van der Waals surface area contributed by atoms with E-state index < -0.39 is 0 Å². The molecule has 1 heterocycles. The number of allylic oxidation sites excluding steroid dienone is 1. The molecule has 1 aromatic heterocycles. The van der Waals surface area contributed by atoms with Crippen LogP contribution in [-0.2, 0) is 0 Å². The van der Waals surface area contributed by atoms with Crippen LogP contribution < -0.4 is 0 Å². The average Bonchev–Trinajstić information content (AvgIpc) is 2.99. The molecule has 0 bridgehead atoms. The lowest BCUT2D eigenvalue weighted by Gasteiger charge is -2.06. The molecular formula is C15H14O. The first-order valence-corrected chi connectivity index (χ1v) is 5.95. The molecule has 1 heteroatoms. The smallest absolute Gasteiger partial charge is 0.134 e. The van der Waals surface area contributed by atoms with Gasteiger partial charge in [0.05, 0.1) is 0 Å². The Morgan fingerprint density at radius 3 is 2.94 bits per heavy atom. The van der Waals surface area contributed by atoms with E-state index in [0.29, 0.717) is 5.92 Å². The van der Waals surface area contributed by atoms with Crippen molar-refractivity contribution in [3.05, 3.63) is 40.7 Å². The highest BCUT2D eigenvalue weighted by Crippen LogP contribution is 2.57. The molecule has 1 nitrogen and oxygen atoms in total. The third-order valence-electron chi connectivity index (χ3n) is 3.99. The minimum Gasteiger partial charge on any atom is -0.460 e. The maximum atomic E-state index is 6.00. The largest absolute Gasteiger partial charge is 0.460 e. The van der Waals surface area contributed by atoms with Gasteiger partial charge in [-0.3, -0.25) is 0 Å². The molecule has 4 rings (SSSR count). The Morgan fingerprint density at radius 1 is 1.19 bits per heavy atom. The number of hydrogen-bond acceptors (Lipinski definition) is 1. The molecule has 80 valence electrons. The molecule has 2 aromatic rings. The summed E-state index contributed by atoms with van der Waals surface area (Å²) in [6.45, 7) is 4.39. The molecule has 2 aliphatic rings. The van der Waals surface area contributed by atoms with E-state index in [9.17, 15) is 0 Å². The van der Waals surface area contributed by atoms with Crippen molar-refractivity contribution in [2.75, 3.05) is 0 Å². The van der Waals surface area contributed by atoms with Crippen LogP contribution >= 0.6 is 0 Å². The molecule has 2 atom stereocenters. The van der Waals surface area contributed by atoms with Crippen molar-refractivity contribution in [3.8, 4) is 0 Å². The highest BCUT2D eigenvalue weighted by atomic mass is 16.3. The minimum atomic E-state index is 0.674. The van der Waals surface area contributed by atoms with Crippen molar-refractivity contribution in [3.63, 3.8) is 0 Å². The van der Waals surface area contributed by atoms with Crippen molar-refractivity contribution < 1.29 is 4.42 Å². The van der Waals surface area contributed by atoms with Crippen LogP contribution in [0.3, 0.4) is 0 Å². The number of hydrogen-bond donors (Lipinski definition) is 0. The third kappa shape index (κ3) is 0.960. The summed E-state index contributed by atoms with van der Waals surface area (Å²) in [5, 5.41) is 1.29. The Bertz CT molecular complexity index is 630. The van der Waals surface area contributed by atoms with Crippen LogP contribution in [0.4, 0.5) is 0 Å². The van der Waals surface area contributed by atoms with Crippen molar-refractivity contribution in [1.82, 2.24) is 0 Å². The first-order chi connectivity index (χ1) is 7.74. The van der Waals surface area contributed by atoms with E-state index in [1.165, 1.54) is 34.3 Å². The lowest BCUT2D eigenvalue weighted by atomic mass is 9.97. The van der Waals surface area contributed by atoms with Crippen molar-refractivity contribution in [2.24, 2.45) is 5.92 Å². The summed E-state index contributed by atoms with van der Waals surface area (Å²) in [6, 6.07) is 6.46. The van der Waals surface area contributed by atoms with Gasteiger partial charge in [-0.05, 0) is 38.3 Å². The van der Waals surface area contributed by atoms with Gasteiger partial charge >= 0.3 is 0 Å². The Hall–Kier alpha value is -1.50. The zero-order valence-corrected chi connectivity index (χ0v) is 9.58. The quantitative estimate of drug-likeness (QED) is 0.633. The van der Waals surface area contributed by atoms with Gasteiger partial charge in [-0.1, -0.05) is 23.3 Å². The Kier molecular flexibility index (Phi) is 1.40.